The fourth-order valence-corrected chi connectivity index (χ4v) is 6.27. The first kappa shape index (κ1) is 25.7. The Kier molecular flexibility index (Phi) is 7.02. The van der Waals surface area contributed by atoms with Gasteiger partial charge in [0.05, 0.1) is 23.6 Å². The van der Waals surface area contributed by atoms with E-state index in [9.17, 15) is 13.2 Å². The minimum atomic E-state index is -3.92. The number of benzene rings is 3. The van der Waals surface area contributed by atoms with Gasteiger partial charge in [-0.25, -0.2) is 12.4 Å². The molecule has 1 aliphatic rings. The van der Waals surface area contributed by atoms with Gasteiger partial charge in [0.1, 0.15) is 0 Å². The van der Waals surface area contributed by atoms with Crippen LogP contribution in [0.3, 0.4) is 0 Å². The van der Waals surface area contributed by atoms with Gasteiger partial charge < -0.3 is 9.64 Å². The first-order valence-corrected chi connectivity index (χ1v) is 14.5. The number of rotatable bonds is 7. The number of anilines is 1. The second-order valence-corrected chi connectivity index (χ2v) is 11.3. The topological polar surface area (TPSA) is 81.5 Å². The number of fused-ring (bicyclic) bond motifs is 1. The molecule has 3 heterocycles. The molecular weight excluding hydrogens is 522 g/mol. The molecule has 1 aliphatic heterocycles. The predicted molar refractivity (Wildman–Crippen MR) is 157 cm³/mol. The number of pyridine rings is 1. The number of allylic oxidation sites excluding steroid dienone is 1. The van der Waals surface area contributed by atoms with Crippen LogP contribution in [0.5, 0.6) is 0 Å². The number of nitrogens with zero attached hydrogens (tertiary/aromatic N) is 3. The van der Waals surface area contributed by atoms with Crippen LogP contribution in [0.1, 0.15) is 15.9 Å². The third-order valence-electron chi connectivity index (χ3n) is 7.04. The third-order valence-corrected chi connectivity index (χ3v) is 8.73. The monoisotopic (exact) mass is 549 g/mol. The van der Waals surface area contributed by atoms with E-state index < -0.39 is 10.0 Å². The molecule has 1 saturated heterocycles. The third kappa shape index (κ3) is 5.06. The summed E-state index contributed by atoms with van der Waals surface area (Å²) in [5.41, 5.74) is 4.56. The lowest BCUT2D eigenvalue weighted by atomic mass is 10.1. The average Bonchev–Trinajstić information content (AvgIpc) is 3.40. The molecule has 0 unspecified atom stereocenters. The molecule has 3 aromatic carbocycles. The van der Waals surface area contributed by atoms with E-state index in [1.54, 1.807) is 42.7 Å². The van der Waals surface area contributed by atoms with Crippen molar-refractivity contribution in [3.8, 4) is 11.1 Å². The Morgan fingerprint density at radius 2 is 1.62 bits per heavy atom. The minimum Gasteiger partial charge on any atom is -0.378 e. The molecule has 0 atom stereocenters. The van der Waals surface area contributed by atoms with Gasteiger partial charge in [0.25, 0.3) is 10.0 Å². The lowest BCUT2D eigenvalue weighted by Crippen LogP contribution is -2.36. The molecule has 8 heteroatoms. The first-order chi connectivity index (χ1) is 19.5. The molecule has 200 valence electrons. The molecule has 6 rings (SSSR count). The smallest absolute Gasteiger partial charge is 0.268 e. The molecule has 0 radical (unpaired) electrons. The quantitative estimate of drug-likeness (QED) is 0.192. The highest BCUT2D eigenvalue weighted by Crippen LogP contribution is 2.32. The van der Waals surface area contributed by atoms with E-state index in [-0.39, 0.29) is 10.7 Å². The van der Waals surface area contributed by atoms with E-state index in [0.29, 0.717) is 29.9 Å². The van der Waals surface area contributed by atoms with Crippen LogP contribution in [-0.4, -0.2) is 49.5 Å². The molecule has 2 aromatic heterocycles. The van der Waals surface area contributed by atoms with Crippen LogP contribution in [0.25, 0.3) is 28.1 Å². The van der Waals surface area contributed by atoms with Crippen molar-refractivity contribution in [1.29, 1.82) is 0 Å². The molecule has 0 N–H and O–H groups in total. The molecule has 0 spiro atoms. The number of carbonyl (C=O) groups excluding carboxylic acids is 1. The zero-order valence-electron chi connectivity index (χ0n) is 21.7. The first-order valence-electron chi connectivity index (χ1n) is 13.0. The molecule has 0 bridgehead atoms. The number of ketones is 1. The highest BCUT2D eigenvalue weighted by Gasteiger charge is 2.22. The van der Waals surface area contributed by atoms with Gasteiger partial charge in [-0.15, -0.1) is 0 Å². The molecule has 0 amide bonds. The zero-order valence-corrected chi connectivity index (χ0v) is 22.5. The van der Waals surface area contributed by atoms with E-state index >= 15 is 0 Å². The van der Waals surface area contributed by atoms with Gasteiger partial charge in [-0.3, -0.25) is 9.78 Å². The Morgan fingerprint density at radius 1 is 0.875 bits per heavy atom. The van der Waals surface area contributed by atoms with Crippen molar-refractivity contribution in [2.45, 2.75) is 4.90 Å². The standard InChI is InChI=1S/C32H27N3O4S/c36-32(26-7-4-16-33-22-26)15-10-27-23-35(31-14-11-28(21-30(27)31)34-17-19-39-20-18-34)40(37,38)29-12-8-25(9-13-29)24-5-2-1-3-6-24/h1-16,21-23H,17-20H2/b15-10+. The zero-order chi connectivity index (χ0) is 27.5. The van der Waals surface area contributed by atoms with Gasteiger partial charge in [0, 0.05) is 53.9 Å². The summed E-state index contributed by atoms with van der Waals surface area (Å²) in [5, 5.41) is 0.740. The van der Waals surface area contributed by atoms with Gasteiger partial charge in [-0.05, 0) is 65.7 Å². The molecule has 0 aliphatic carbocycles. The maximum atomic E-state index is 13.9. The largest absolute Gasteiger partial charge is 0.378 e. The summed E-state index contributed by atoms with van der Waals surface area (Å²) < 4.78 is 34.6. The number of aromatic nitrogens is 2. The van der Waals surface area contributed by atoms with E-state index in [4.69, 9.17) is 4.74 Å². The van der Waals surface area contributed by atoms with Gasteiger partial charge >= 0.3 is 0 Å². The number of carbonyl (C=O) groups is 1. The Bertz CT molecular complexity index is 1790. The number of hydrogen-bond acceptors (Lipinski definition) is 6. The summed E-state index contributed by atoms with van der Waals surface area (Å²) in [6.45, 7) is 2.78. The molecular formula is C32H27N3O4S. The van der Waals surface area contributed by atoms with Crippen LogP contribution in [0.4, 0.5) is 5.69 Å². The predicted octanol–water partition coefficient (Wildman–Crippen LogP) is 5.67. The highest BCUT2D eigenvalue weighted by molar-refractivity contribution is 7.90. The molecule has 5 aromatic rings. The normalized spacial score (nSPS) is 14.2. The number of hydrogen-bond donors (Lipinski definition) is 0. The number of morpholine rings is 1. The summed E-state index contributed by atoms with van der Waals surface area (Å²) in [6.07, 6.45) is 7.83. The van der Waals surface area contributed by atoms with Crippen LogP contribution in [0.2, 0.25) is 0 Å². The van der Waals surface area contributed by atoms with Gasteiger partial charge in [-0.2, -0.15) is 0 Å². The van der Waals surface area contributed by atoms with Gasteiger partial charge in [0.15, 0.2) is 5.78 Å². The summed E-state index contributed by atoms with van der Waals surface area (Å²) in [4.78, 5) is 19.2. The second-order valence-electron chi connectivity index (χ2n) is 9.52. The van der Waals surface area contributed by atoms with Crippen LogP contribution in [0, 0.1) is 0 Å². The Morgan fingerprint density at radius 3 is 2.35 bits per heavy atom. The minimum absolute atomic E-state index is 0.184. The molecule has 7 nitrogen and oxygen atoms in total. The molecule has 1 fully saturated rings. The maximum Gasteiger partial charge on any atom is 0.268 e. The van der Waals surface area contributed by atoms with E-state index in [0.717, 1.165) is 35.3 Å². The fourth-order valence-electron chi connectivity index (χ4n) is 4.90. The van der Waals surface area contributed by atoms with Crippen molar-refractivity contribution in [3.63, 3.8) is 0 Å². The van der Waals surface area contributed by atoms with Crippen molar-refractivity contribution >= 4 is 38.5 Å². The van der Waals surface area contributed by atoms with Crippen molar-refractivity contribution in [1.82, 2.24) is 8.96 Å². The van der Waals surface area contributed by atoms with E-state index in [1.807, 2.05) is 60.7 Å². The summed E-state index contributed by atoms with van der Waals surface area (Å²) in [5.74, 6) is -0.210. The van der Waals surface area contributed by atoms with Gasteiger partial charge in [0.2, 0.25) is 0 Å². The maximum absolute atomic E-state index is 13.9. The Balaban J connectivity index is 1.41. The van der Waals surface area contributed by atoms with Crippen LogP contribution in [-0.2, 0) is 14.8 Å². The van der Waals surface area contributed by atoms with Gasteiger partial charge in [-0.1, -0.05) is 42.5 Å². The SMILES string of the molecule is O=C(/C=C/c1cn(S(=O)(=O)c2ccc(-c3ccccc3)cc2)c2ccc(N3CCOCC3)cc12)c1cccnc1. The van der Waals surface area contributed by atoms with Crippen molar-refractivity contribution < 1.29 is 17.9 Å². The summed E-state index contributed by atoms with van der Waals surface area (Å²) in [7, 11) is -3.92. The lowest BCUT2D eigenvalue weighted by Gasteiger charge is -2.29. The molecule has 40 heavy (non-hydrogen) atoms. The van der Waals surface area contributed by atoms with E-state index in [2.05, 4.69) is 9.88 Å². The van der Waals surface area contributed by atoms with Crippen LogP contribution in [0.15, 0.2) is 114 Å². The summed E-state index contributed by atoms with van der Waals surface area (Å²) in [6, 6.07) is 25.9. The average molecular weight is 550 g/mol. The second kappa shape index (κ2) is 10.9. The number of ether oxygens (including phenoxy) is 1. The van der Waals surface area contributed by atoms with E-state index in [1.165, 1.54) is 16.2 Å². The fraction of sp³-hybridized carbons (Fsp3) is 0.125. The van der Waals surface area contributed by atoms with Crippen molar-refractivity contribution in [3.05, 3.63) is 121 Å². The van der Waals surface area contributed by atoms with Crippen molar-refractivity contribution in [2.75, 3.05) is 31.2 Å². The van der Waals surface area contributed by atoms with Crippen LogP contribution >= 0.6 is 0 Å². The van der Waals surface area contributed by atoms with Crippen LogP contribution < -0.4 is 4.90 Å². The lowest BCUT2D eigenvalue weighted by molar-refractivity contribution is 0.104. The molecule has 0 saturated carbocycles. The highest BCUT2D eigenvalue weighted by atomic mass is 32.2. The summed E-state index contributed by atoms with van der Waals surface area (Å²) >= 11 is 0. The Hall–Kier alpha value is -4.53. The Labute approximate surface area is 233 Å². The van der Waals surface area contributed by atoms with Crippen molar-refractivity contribution in [2.24, 2.45) is 0 Å².